The largest absolute Gasteiger partial charge is 0.456 e. The molecule has 0 atom stereocenters. The fraction of sp³-hybridized carbons (Fsp3) is 0.0469. The molecule has 0 aliphatic heterocycles. The van der Waals surface area contributed by atoms with Gasteiger partial charge in [-0.3, -0.25) is 0 Å². The molecule has 0 saturated carbocycles. The molecular formula is C128H128O3. The number of para-hydroxylation sites is 1. The van der Waals surface area contributed by atoms with Gasteiger partial charge in [-0.05, 0) is 229 Å². The minimum atomic E-state index is 0.903. The minimum Gasteiger partial charge on any atom is -0.456 e. The van der Waals surface area contributed by atoms with E-state index in [9.17, 15) is 0 Å². The summed E-state index contributed by atoms with van der Waals surface area (Å²) in [7, 11) is 7.50. The molecule has 0 radical (unpaired) electrons. The van der Waals surface area contributed by atoms with Gasteiger partial charge in [0.1, 0.15) is 33.5 Å². The van der Waals surface area contributed by atoms with Crippen LogP contribution in [0.2, 0.25) is 0 Å². The molecule has 26 rings (SSSR count). The first-order chi connectivity index (χ1) is 82.1. The zero-order chi connectivity index (χ0) is 122. The van der Waals surface area contributed by atoms with Gasteiger partial charge in [-0.2, -0.15) is 0 Å². The summed E-state index contributed by atoms with van der Waals surface area (Å²) < 4.78 is 194. The molecule has 23 aromatic carbocycles. The van der Waals surface area contributed by atoms with Crippen LogP contribution >= 0.6 is 0 Å². The molecule has 3 nitrogen and oxygen atoms in total. The summed E-state index contributed by atoms with van der Waals surface area (Å²) in [6.07, 6.45) is 0. The van der Waals surface area contributed by atoms with Gasteiger partial charge in [-0.1, -0.05) is 457 Å². The Morgan fingerprint density at radius 1 is 0.153 bits per heavy atom. The summed E-state index contributed by atoms with van der Waals surface area (Å²) in [5.41, 5.74) is 27.4. The fourth-order valence-electron chi connectivity index (χ4n) is 20.2. The number of benzene rings is 23. The van der Waals surface area contributed by atoms with Gasteiger partial charge in [-0.25, -0.2) is 0 Å². The van der Waals surface area contributed by atoms with Gasteiger partial charge in [0.05, 0.1) is 0 Å². The first-order valence-electron chi connectivity index (χ1n) is 62.9. The van der Waals surface area contributed by atoms with E-state index in [1.807, 2.05) is 0 Å². The van der Waals surface area contributed by atoms with Crippen molar-refractivity contribution in [3.63, 3.8) is 0 Å². The van der Waals surface area contributed by atoms with Crippen LogP contribution in [-0.2, 0) is 0 Å². The lowest BCUT2D eigenvalue weighted by atomic mass is 9.85. The average molecular weight is 1750 g/mol. The summed E-state index contributed by atoms with van der Waals surface area (Å²) in [5.74, 6) is 0. The Kier molecular flexibility index (Phi) is 17.6. The van der Waals surface area contributed by atoms with E-state index in [-0.39, 0.29) is 0 Å². The SMILES string of the molecule is [2H]C.[2H]C.[2H]C.[2H]C.[2H]C.[2H]C.[2H][2H].[2H][2H].[2H][2H].[2H][2H].[2H][2H].[2H][2H].[2H][2H].[2H][2H].[2H][2H].[2H][2H].[2H][2H].[2H][2H].[2H][2H].[2H][2H].c1ccc(-c2c3ccccc3c(-c3cccc4oc5c(-c6cccc7ccccc67)cccc5c34)c3ccccc23)cc1.c1ccc(-c2c3ccccc3c(-c3cccc4oc5cc(-c6ccc7ccccc7c6)ccc5c34)c3ccccc23)cc1.c1ccc(-c2ccc3oc4cccc(-c5c6ccccc6c(-c6ccccc6)c6ccccc56)c4c3c2)cc1. The topological polar surface area (TPSA) is 39.4 Å². The lowest BCUT2D eigenvalue weighted by molar-refractivity contribution is 0.668. The van der Waals surface area contributed by atoms with Crippen molar-refractivity contribution in [2.24, 2.45) is 0 Å². The summed E-state index contributed by atoms with van der Waals surface area (Å²) >= 11 is 0. The summed E-state index contributed by atoms with van der Waals surface area (Å²) in [4.78, 5) is 0. The van der Waals surface area contributed by atoms with Crippen LogP contribution in [0.3, 0.4) is 0 Å². The van der Waals surface area contributed by atoms with Gasteiger partial charge in [0.15, 0.2) is 0 Å². The predicted octanol–water partition coefficient (Wildman–Crippen LogP) is 42.2. The van der Waals surface area contributed by atoms with E-state index in [0.717, 1.165) is 76.9 Å². The van der Waals surface area contributed by atoms with Crippen molar-refractivity contribution in [1.82, 2.24) is 0 Å². The van der Waals surface area contributed by atoms with Crippen LogP contribution < -0.4 is 0 Å². The molecule has 0 N–H and O–H groups in total. The molecule has 26 aromatic rings. The molecule has 3 heteroatoms. The first-order valence-corrected chi connectivity index (χ1v) is 42.9. The number of fused-ring (bicyclic) bond motifs is 17. The van der Waals surface area contributed by atoms with Gasteiger partial charge in [0.2, 0.25) is 0 Å². The highest BCUT2D eigenvalue weighted by molar-refractivity contribution is 6.30. The van der Waals surface area contributed by atoms with Crippen molar-refractivity contribution in [3.05, 3.63) is 461 Å². The van der Waals surface area contributed by atoms with Crippen LogP contribution in [-0.4, -0.2) is 0 Å². The minimum absolute atomic E-state index is 0.903. The van der Waals surface area contributed by atoms with Crippen molar-refractivity contribution < 1.29 is 63.1 Å². The lowest BCUT2D eigenvalue weighted by Gasteiger charge is -2.18. The van der Waals surface area contributed by atoms with Crippen LogP contribution in [0, 0.1) is 0 Å². The molecule has 658 valence electrons. The third-order valence-corrected chi connectivity index (χ3v) is 25.6. The number of furan rings is 3. The second-order valence-electron chi connectivity index (χ2n) is 32.5. The molecule has 3 aromatic heterocycles. The third-order valence-electron chi connectivity index (χ3n) is 25.6. The first kappa shape index (κ1) is 64.3. The molecule has 131 heavy (non-hydrogen) atoms. The van der Waals surface area contributed by atoms with E-state index >= 15 is 0 Å². The third kappa shape index (κ3) is 14.5. The maximum Gasteiger partial charge on any atom is 0.143 e. The van der Waals surface area contributed by atoms with Crippen LogP contribution in [0.25, 0.3) is 252 Å². The maximum atomic E-state index is 6.77. The van der Waals surface area contributed by atoms with E-state index in [1.165, 1.54) is 220 Å². The van der Waals surface area contributed by atoms with Crippen LogP contribution in [0.1, 0.15) is 94.2 Å². The zero-order valence-electron chi connectivity index (χ0n) is 108. The van der Waals surface area contributed by atoms with E-state index < -0.39 is 0 Å². The maximum absolute atomic E-state index is 6.77. The van der Waals surface area contributed by atoms with Crippen molar-refractivity contribution in [1.29, 1.82) is 0 Å². The summed E-state index contributed by atoms with van der Waals surface area (Å²) in [6, 6.07) is 165. The molecule has 3 heterocycles. The van der Waals surface area contributed by atoms with Gasteiger partial charge >= 0.3 is 0 Å². The average Bonchev–Trinajstić information content (AvgIpc) is 1.56. The van der Waals surface area contributed by atoms with E-state index in [0.29, 0.717) is 0 Å². The second kappa shape index (κ2) is 35.8. The summed E-state index contributed by atoms with van der Waals surface area (Å²) in [5, 5.41) is 26.8. The molecular weight excluding hydrogens is 1590 g/mol. The van der Waals surface area contributed by atoms with Crippen molar-refractivity contribution in [2.75, 3.05) is 0 Å². The lowest BCUT2D eigenvalue weighted by Crippen LogP contribution is -1.91. The smallest absolute Gasteiger partial charge is 0.143 e. The van der Waals surface area contributed by atoms with Crippen molar-refractivity contribution >= 4 is 152 Å². The van der Waals surface area contributed by atoms with Gasteiger partial charge < -0.3 is 13.3 Å². The fourth-order valence-corrected chi connectivity index (χ4v) is 20.2. The van der Waals surface area contributed by atoms with E-state index in [4.69, 9.17) is 63.1 Å². The Hall–Kier alpha value is -16.5. The quantitative estimate of drug-likeness (QED) is 0.135. The Morgan fingerprint density at radius 3 is 0.893 bits per heavy atom. The Balaban J connectivity index is 0.000000445. The van der Waals surface area contributed by atoms with Crippen molar-refractivity contribution in [3.8, 4) is 100 Å². The summed E-state index contributed by atoms with van der Waals surface area (Å²) in [6.45, 7) is 0. The van der Waals surface area contributed by atoms with Gasteiger partial charge in [0, 0.05) is 87.7 Å². The normalized spacial score (nSPS) is 12.3. The number of hydrogen-bond acceptors (Lipinski definition) is 3. The van der Waals surface area contributed by atoms with Crippen LogP contribution in [0.4, 0.5) is 0 Å². The van der Waals surface area contributed by atoms with Crippen LogP contribution in [0.15, 0.2) is 474 Å². The monoisotopic (exact) mass is 1750 g/mol. The van der Waals surface area contributed by atoms with Crippen LogP contribution in [0.5, 0.6) is 0 Å². The van der Waals surface area contributed by atoms with Crippen molar-refractivity contribution in [2.45, 2.75) is 44.4 Å². The molecule has 0 bridgehead atoms. The molecule has 0 aliphatic carbocycles. The predicted molar refractivity (Wildman–Crippen MR) is 600 cm³/mol. The highest BCUT2D eigenvalue weighted by atomic mass is 16.3. The molecule has 0 unspecified atom stereocenters. The Morgan fingerprint density at radius 2 is 0.443 bits per heavy atom. The number of rotatable bonds is 9. The molecule has 0 saturated heterocycles. The molecule has 0 amide bonds. The Bertz CT molecular complexity index is 8720. The number of hydrogen-bond donors (Lipinski definition) is 0. The second-order valence-corrected chi connectivity index (χ2v) is 32.5. The molecule has 0 aliphatic rings. The Labute approximate surface area is 817 Å². The standard InChI is InChI=1S/2C42H26O.C38H24O.6CH4.14H2/c1-2-14-28(15-3-1)39-31-18-6-8-20-33(31)40(34-21-9-7-19-32(34)39)36-24-12-26-38-41(36)37-25-11-23-35(42(37)43-38)30-22-10-16-27-13-4-5-17-29(27)30;1-2-12-28(13-3-1)40-32-15-6-8-17-34(32)41(35-18-9-7-16-33(35)40)37-19-10-20-38-42(37)36-24-23-31(26-39(36)43-38)30-22-21-27-11-4-5-14-29(27)25-30;1-3-12-25(13-4-1)27-22-23-34-33(24-27)38-32(20-11-21-35(38)39-34)37-30-18-9-7-16-28(30)36(26-14-5-2-6-15-26)29-17-8-10-19-31(29)37;;;;;;;;;;;;;;;;;;;;/h2*1-26H;1-24H;6*1H4;14*1H/i;;;6*1D;14*1+1D. The highest BCUT2D eigenvalue weighted by Crippen LogP contribution is 2.53. The van der Waals surface area contributed by atoms with E-state index in [2.05, 4.69) is 461 Å². The molecule has 0 fully saturated rings. The van der Waals surface area contributed by atoms with E-state index in [1.54, 1.807) is 0 Å². The zero-order valence-corrected chi connectivity index (χ0v) is 74.1. The van der Waals surface area contributed by atoms with Gasteiger partial charge in [-0.15, -0.1) is 0 Å². The van der Waals surface area contributed by atoms with Gasteiger partial charge in [0.25, 0.3) is 0 Å². The highest BCUT2D eigenvalue weighted by Gasteiger charge is 2.26. The molecule has 0 spiro atoms.